The Bertz CT molecular complexity index is 1840. The number of rotatable bonds is 20. The molecule has 1 saturated heterocycles. The predicted octanol–water partition coefficient (Wildman–Crippen LogP) is 4.08. The van der Waals surface area contributed by atoms with E-state index in [1.165, 1.54) is 0 Å². The fourth-order valence-corrected chi connectivity index (χ4v) is 8.09. The lowest BCUT2D eigenvalue weighted by molar-refractivity contribution is -0.151. The van der Waals surface area contributed by atoms with E-state index >= 15 is 0 Å². The van der Waals surface area contributed by atoms with Gasteiger partial charge in [0.15, 0.2) is 0 Å². The van der Waals surface area contributed by atoms with Crippen molar-refractivity contribution in [3.8, 4) is 0 Å². The van der Waals surface area contributed by atoms with Gasteiger partial charge in [-0.3, -0.25) is 34.0 Å². The van der Waals surface area contributed by atoms with Crippen molar-refractivity contribution in [3.05, 3.63) is 101 Å². The molecule has 13 nitrogen and oxygen atoms in total. The van der Waals surface area contributed by atoms with Gasteiger partial charge in [0.25, 0.3) is 0 Å². The summed E-state index contributed by atoms with van der Waals surface area (Å²) in [6.07, 6.45) is 5.46. The van der Waals surface area contributed by atoms with E-state index in [1.54, 1.807) is 6.20 Å². The van der Waals surface area contributed by atoms with Gasteiger partial charge in [-0.05, 0) is 80.7 Å². The molecule has 2 aromatic carbocycles. The average molecular weight is 826 g/mol. The number of benzene rings is 2. The molecule has 3 amide bonds. The topological polar surface area (TPSA) is 179 Å². The zero-order chi connectivity index (χ0) is 43.2. The van der Waals surface area contributed by atoms with Crippen molar-refractivity contribution >= 4 is 23.7 Å². The van der Waals surface area contributed by atoms with Gasteiger partial charge in [0.05, 0.1) is 18.2 Å². The Morgan fingerprint density at radius 2 is 1.67 bits per heavy atom. The minimum atomic E-state index is -0.899. The number of hydrogen-bond donors (Lipinski definition) is 5. The fraction of sp³-hybridized carbons (Fsp3) is 0.553. The summed E-state index contributed by atoms with van der Waals surface area (Å²) in [7, 11) is 0. The number of nitrogens with two attached hydrogens (primary N) is 1. The number of piperazine rings is 1. The molecule has 6 atom stereocenters. The van der Waals surface area contributed by atoms with Crippen molar-refractivity contribution in [2.75, 3.05) is 32.7 Å². The van der Waals surface area contributed by atoms with E-state index < -0.39 is 41.8 Å². The molecule has 3 aromatic rings. The Hall–Kier alpha value is -4.69. The third kappa shape index (κ3) is 14.2. The summed E-state index contributed by atoms with van der Waals surface area (Å²) in [5.41, 5.74) is 9.45. The molecule has 1 aliphatic carbocycles. The van der Waals surface area contributed by atoms with E-state index in [0.29, 0.717) is 52.0 Å². The zero-order valence-corrected chi connectivity index (χ0v) is 36.1. The number of aliphatic hydroxyl groups excluding tert-OH is 1. The molecule has 0 saturated carbocycles. The number of amides is 3. The van der Waals surface area contributed by atoms with E-state index in [-0.39, 0.29) is 49.0 Å². The second-order valence-corrected chi connectivity index (χ2v) is 17.9. The van der Waals surface area contributed by atoms with Gasteiger partial charge in [0.2, 0.25) is 17.7 Å². The Balaban J connectivity index is 1.23. The van der Waals surface area contributed by atoms with Crippen molar-refractivity contribution in [2.24, 2.45) is 17.6 Å². The highest BCUT2D eigenvalue weighted by Crippen LogP contribution is 2.34. The molecule has 0 radical (unpaired) electrons. The van der Waals surface area contributed by atoms with E-state index in [0.717, 1.165) is 35.1 Å². The summed E-state index contributed by atoms with van der Waals surface area (Å²) < 4.78 is 6.06. The minimum Gasteiger partial charge on any atom is -0.459 e. The van der Waals surface area contributed by atoms with Gasteiger partial charge >= 0.3 is 5.97 Å². The minimum absolute atomic E-state index is 0.0555. The summed E-state index contributed by atoms with van der Waals surface area (Å²) in [5.74, 6) is -1.38. The van der Waals surface area contributed by atoms with Crippen LogP contribution in [-0.2, 0) is 43.3 Å². The number of nitrogens with zero attached hydrogens (tertiary/aromatic N) is 3. The number of nitrogens with one attached hydrogen (secondary N) is 3. The lowest BCUT2D eigenvalue weighted by Crippen LogP contribution is -2.61. The lowest BCUT2D eigenvalue weighted by Gasteiger charge is -2.42. The Labute approximate surface area is 356 Å². The lowest BCUT2D eigenvalue weighted by atomic mass is 9.91. The van der Waals surface area contributed by atoms with Crippen LogP contribution in [0.4, 0.5) is 0 Å². The second-order valence-electron chi connectivity index (χ2n) is 17.9. The van der Waals surface area contributed by atoms with Gasteiger partial charge in [-0.25, -0.2) is 0 Å². The molecule has 2 heterocycles. The van der Waals surface area contributed by atoms with Crippen LogP contribution in [0.3, 0.4) is 0 Å². The van der Waals surface area contributed by atoms with Crippen LogP contribution in [0.15, 0.2) is 79.1 Å². The third-order valence-electron chi connectivity index (χ3n) is 11.3. The van der Waals surface area contributed by atoms with E-state index in [4.69, 9.17) is 10.5 Å². The standard InChI is InChI=1S/C47H67N7O6/c1-32(2)42(48)46(59)50-22-13-7-10-20-41(56)60-40-27-35-18-11-12-19-38(35)43(40)51-44(57)36(25-33-15-8-6-9-16-33)26-37(55)30-54-24-23-53(29-34-17-14-21-49-28-34)31-39(54)45(58)52-47(3,4)5/h6,8-9,11-12,14-19,21,28,32,36-37,39-40,42-43,55H,7,10,13,20,22-27,29-31,48H2,1-5H3,(H,50,59)(H,51,57)(H,52,58)/t36-,37+,39+,40-,42+,43+/m1/s1. The number of aliphatic hydroxyl groups is 1. The monoisotopic (exact) mass is 826 g/mol. The maximum absolute atomic E-state index is 14.4. The normalized spacial score (nSPS) is 19.8. The van der Waals surface area contributed by atoms with Crippen LogP contribution in [0.5, 0.6) is 0 Å². The molecule has 5 rings (SSSR count). The molecule has 6 N–H and O–H groups in total. The molecule has 326 valence electrons. The molecule has 60 heavy (non-hydrogen) atoms. The quantitative estimate of drug-likeness (QED) is 0.0824. The van der Waals surface area contributed by atoms with Crippen molar-refractivity contribution in [2.45, 2.75) is 122 Å². The van der Waals surface area contributed by atoms with Crippen LogP contribution in [-0.4, -0.2) is 106 Å². The molecule has 1 aromatic heterocycles. The Morgan fingerprint density at radius 1 is 0.933 bits per heavy atom. The Kier molecular flexibility index (Phi) is 17.2. The van der Waals surface area contributed by atoms with Gasteiger partial charge in [-0.1, -0.05) is 80.9 Å². The van der Waals surface area contributed by atoms with Crippen molar-refractivity contribution in [1.82, 2.24) is 30.7 Å². The van der Waals surface area contributed by atoms with Crippen LogP contribution in [0.1, 0.15) is 95.0 Å². The van der Waals surface area contributed by atoms with Crippen LogP contribution in [0.2, 0.25) is 0 Å². The Morgan fingerprint density at radius 3 is 2.38 bits per heavy atom. The van der Waals surface area contributed by atoms with E-state index in [9.17, 15) is 24.3 Å². The number of pyridine rings is 1. The molecular formula is C47H67N7O6. The number of β-amino-alcohol motifs (C(OH)–C–C–N with tert-alkyl or cyclic N) is 1. The van der Waals surface area contributed by atoms with Crippen molar-refractivity contribution in [3.63, 3.8) is 0 Å². The van der Waals surface area contributed by atoms with Gasteiger partial charge < -0.3 is 31.5 Å². The number of carbonyl (C=O) groups excluding carboxylic acids is 4. The SMILES string of the molecule is CC(C)[C@H](N)C(=O)NCCCCCC(=O)O[C@@H]1Cc2ccccc2[C@@H]1NC(=O)[C@H](Cc1ccccc1)C[C@H](O)CN1CCN(Cc2cccnc2)C[C@H]1C(=O)NC(C)(C)C. The molecule has 2 aliphatic rings. The number of unbranched alkanes of at least 4 members (excludes halogenated alkanes) is 2. The van der Waals surface area contributed by atoms with Gasteiger partial charge in [-0.2, -0.15) is 0 Å². The van der Waals surface area contributed by atoms with Gasteiger partial charge in [-0.15, -0.1) is 0 Å². The number of carbonyl (C=O) groups is 4. The first-order valence-electron chi connectivity index (χ1n) is 21.7. The number of esters is 1. The molecular weight excluding hydrogens is 759 g/mol. The second kappa shape index (κ2) is 22.2. The third-order valence-corrected chi connectivity index (χ3v) is 11.3. The maximum Gasteiger partial charge on any atom is 0.306 e. The molecule has 1 aliphatic heterocycles. The zero-order valence-electron chi connectivity index (χ0n) is 36.1. The van der Waals surface area contributed by atoms with Crippen LogP contribution in [0, 0.1) is 11.8 Å². The van der Waals surface area contributed by atoms with Crippen LogP contribution >= 0.6 is 0 Å². The number of fused-ring (bicyclic) bond motifs is 1. The summed E-state index contributed by atoms with van der Waals surface area (Å²) in [6, 6.07) is 19.9. The fourth-order valence-electron chi connectivity index (χ4n) is 8.09. The largest absolute Gasteiger partial charge is 0.459 e. The maximum atomic E-state index is 14.4. The predicted molar refractivity (Wildman–Crippen MR) is 232 cm³/mol. The summed E-state index contributed by atoms with van der Waals surface area (Å²) in [4.78, 5) is 62.0. The summed E-state index contributed by atoms with van der Waals surface area (Å²) in [5, 5.41) is 21.0. The smallest absolute Gasteiger partial charge is 0.306 e. The molecule has 13 heteroatoms. The van der Waals surface area contributed by atoms with E-state index in [2.05, 4.69) is 25.8 Å². The highest BCUT2D eigenvalue weighted by atomic mass is 16.5. The number of aromatic nitrogens is 1. The molecule has 0 unspecified atom stereocenters. The number of hydrogen-bond acceptors (Lipinski definition) is 10. The highest BCUT2D eigenvalue weighted by molar-refractivity contribution is 5.83. The first kappa shape index (κ1) is 46.4. The highest BCUT2D eigenvalue weighted by Gasteiger charge is 2.39. The average Bonchev–Trinajstić information content (AvgIpc) is 3.54. The molecule has 0 spiro atoms. The molecule has 0 bridgehead atoms. The van der Waals surface area contributed by atoms with Crippen LogP contribution < -0.4 is 21.7 Å². The summed E-state index contributed by atoms with van der Waals surface area (Å²) >= 11 is 0. The van der Waals surface area contributed by atoms with Crippen molar-refractivity contribution < 1.29 is 29.0 Å². The van der Waals surface area contributed by atoms with E-state index in [1.807, 2.05) is 112 Å². The van der Waals surface area contributed by atoms with Crippen LogP contribution in [0.25, 0.3) is 0 Å². The van der Waals surface area contributed by atoms with Gasteiger partial charge in [0, 0.05) is 76.0 Å². The first-order valence-corrected chi connectivity index (χ1v) is 21.7. The molecule has 1 fully saturated rings. The first-order chi connectivity index (χ1) is 28.7. The summed E-state index contributed by atoms with van der Waals surface area (Å²) in [6.45, 7) is 12.9. The van der Waals surface area contributed by atoms with Gasteiger partial charge in [0.1, 0.15) is 12.1 Å². The van der Waals surface area contributed by atoms with Crippen molar-refractivity contribution in [1.29, 1.82) is 0 Å². The number of ether oxygens (including phenoxy) is 1.